The number of hydrogen-bond acceptors (Lipinski definition) is 5. The van der Waals surface area contributed by atoms with Gasteiger partial charge in [-0.1, -0.05) is 18.2 Å². The molecule has 0 saturated carbocycles. The highest BCUT2D eigenvalue weighted by Gasteiger charge is 2.34. The minimum absolute atomic E-state index is 0.0225. The maximum absolute atomic E-state index is 13.3. The first-order chi connectivity index (χ1) is 13.3. The molecule has 0 spiro atoms. The molecule has 0 fully saturated rings. The fraction of sp³-hybridized carbons (Fsp3) is 0.100. The summed E-state index contributed by atoms with van der Waals surface area (Å²) < 4.78 is 55.3. The van der Waals surface area contributed by atoms with Gasteiger partial charge >= 0.3 is 17.4 Å². The second kappa shape index (κ2) is 6.26. The van der Waals surface area contributed by atoms with Crippen LogP contribution >= 0.6 is 0 Å². The molecule has 4 rings (SSSR count). The molecule has 0 aliphatic heterocycles. The Bertz CT molecular complexity index is 1330. The highest BCUT2D eigenvalue weighted by Crippen LogP contribution is 2.37. The molecule has 4 aromatic rings. The van der Waals surface area contributed by atoms with Crippen molar-refractivity contribution in [1.82, 2.24) is 0 Å². The third kappa shape index (κ3) is 2.92. The van der Waals surface area contributed by atoms with E-state index < -0.39 is 23.0 Å². The van der Waals surface area contributed by atoms with Crippen LogP contribution in [0.2, 0.25) is 0 Å². The van der Waals surface area contributed by atoms with Gasteiger partial charge in [0.1, 0.15) is 16.9 Å². The summed E-state index contributed by atoms with van der Waals surface area (Å²) in [6.45, 7) is 0. The van der Waals surface area contributed by atoms with Gasteiger partial charge < -0.3 is 13.6 Å². The van der Waals surface area contributed by atoms with E-state index in [4.69, 9.17) is 13.6 Å². The number of hydrogen-bond donors (Lipinski definition) is 0. The van der Waals surface area contributed by atoms with Gasteiger partial charge in [-0.05, 0) is 18.2 Å². The van der Waals surface area contributed by atoms with Gasteiger partial charge in [0.15, 0.2) is 0 Å². The number of rotatable bonds is 2. The molecule has 0 unspecified atom stereocenters. The predicted octanol–water partition coefficient (Wildman–Crippen LogP) is 4.59. The molecule has 0 N–H and O–H groups in total. The molecule has 0 saturated heterocycles. The van der Waals surface area contributed by atoms with Crippen molar-refractivity contribution in [3.8, 4) is 16.9 Å². The van der Waals surface area contributed by atoms with Gasteiger partial charge in [0.25, 0.3) is 0 Å². The zero-order valence-corrected chi connectivity index (χ0v) is 14.3. The molecule has 0 aliphatic rings. The molecule has 5 nitrogen and oxygen atoms in total. The summed E-state index contributed by atoms with van der Waals surface area (Å²) in [6.07, 6.45) is -4.75. The SMILES string of the molecule is COc1ccc2cc(-c3cccc4c(C(F)(F)F)cc(=O)oc34)c(=O)oc2c1. The van der Waals surface area contributed by atoms with E-state index in [2.05, 4.69) is 0 Å². The van der Waals surface area contributed by atoms with E-state index in [0.29, 0.717) is 17.2 Å². The zero-order valence-electron chi connectivity index (χ0n) is 14.3. The molecule has 142 valence electrons. The topological polar surface area (TPSA) is 69.7 Å². The number of methoxy groups -OCH3 is 1. The monoisotopic (exact) mass is 388 g/mol. The lowest BCUT2D eigenvalue weighted by molar-refractivity contribution is -0.136. The summed E-state index contributed by atoms with van der Waals surface area (Å²) in [6, 6.07) is 10.6. The Balaban J connectivity index is 2.05. The van der Waals surface area contributed by atoms with Gasteiger partial charge in [0.2, 0.25) is 0 Å². The standard InChI is InChI=1S/C20H11F3O5/c1-26-11-6-5-10-7-14(19(25)27-16(10)8-11)12-3-2-4-13-15(20(21,22)23)9-17(24)28-18(12)13/h2-9H,1H3. The number of halogens is 3. The largest absolute Gasteiger partial charge is 0.497 e. The van der Waals surface area contributed by atoms with Crippen molar-refractivity contribution in [3.05, 3.63) is 74.9 Å². The molecule has 2 aromatic carbocycles. The molecule has 0 amide bonds. The van der Waals surface area contributed by atoms with Gasteiger partial charge in [-0.15, -0.1) is 0 Å². The fourth-order valence-electron chi connectivity index (χ4n) is 3.04. The van der Waals surface area contributed by atoms with Gasteiger partial charge in [-0.2, -0.15) is 13.2 Å². The number of benzene rings is 2. The van der Waals surface area contributed by atoms with Crippen molar-refractivity contribution in [2.24, 2.45) is 0 Å². The van der Waals surface area contributed by atoms with Gasteiger partial charge in [0, 0.05) is 28.5 Å². The van der Waals surface area contributed by atoms with Crippen molar-refractivity contribution in [2.45, 2.75) is 6.18 Å². The van der Waals surface area contributed by atoms with E-state index in [0.717, 1.165) is 0 Å². The lowest BCUT2D eigenvalue weighted by Crippen LogP contribution is -2.12. The summed E-state index contributed by atoms with van der Waals surface area (Å²) in [4.78, 5) is 24.2. The van der Waals surface area contributed by atoms with Crippen LogP contribution in [0.4, 0.5) is 13.2 Å². The first kappa shape index (κ1) is 17.8. The average molecular weight is 388 g/mol. The Morgan fingerprint density at radius 2 is 1.71 bits per heavy atom. The number of para-hydroxylation sites is 1. The third-order valence-electron chi connectivity index (χ3n) is 4.31. The number of fused-ring (bicyclic) bond motifs is 2. The van der Waals surface area contributed by atoms with E-state index in [1.807, 2.05) is 0 Å². The van der Waals surface area contributed by atoms with Crippen molar-refractivity contribution >= 4 is 21.9 Å². The molecule has 2 heterocycles. The van der Waals surface area contributed by atoms with E-state index in [1.165, 1.54) is 37.4 Å². The second-order valence-electron chi connectivity index (χ2n) is 6.01. The van der Waals surface area contributed by atoms with Gasteiger partial charge in [0.05, 0.1) is 18.2 Å². The molecule has 28 heavy (non-hydrogen) atoms. The van der Waals surface area contributed by atoms with Crippen LogP contribution in [0.5, 0.6) is 5.75 Å². The fourth-order valence-corrected chi connectivity index (χ4v) is 3.04. The molecule has 2 aromatic heterocycles. The molecule has 8 heteroatoms. The molecule has 0 bridgehead atoms. The highest BCUT2D eigenvalue weighted by atomic mass is 19.4. The summed E-state index contributed by atoms with van der Waals surface area (Å²) >= 11 is 0. The third-order valence-corrected chi connectivity index (χ3v) is 4.31. The zero-order chi connectivity index (χ0) is 20.1. The van der Waals surface area contributed by atoms with Crippen molar-refractivity contribution in [2.75, 3.05) is 7.11 Å². The summed E-state index contributed by atoms with van der Waals surface area (Å²) in [5, 5.41) is 0.209. The lowest BCUT2D eigenvalue weighted by atomic mass is 10.0. The normalized spacial score (nSPS) is 11.9. The van der Waals surface area contributed by atoms with Crippen LogP contribution in [0.3, 0.4) is 0 Å². The van der Waals surface area contributed by atoms with Crippen molar-refractivity contribution in [3.63, 3.8) is 0 Å². The Kier molecular flexibility index (Phi) is 3.99. The van der Waals surface area contributed by atoms with Crippen molar-refractivity contribution in [1.29, 1.82) is 0 Å². The Hall–Kier alpha value is -3.55. The van der Waals surface area contributed by atoms with Crippen LogP contribution in [0, 0.1) is 0 Å². The van der Waals surface area contributed by atoms with Crippen LogP contribution in [-0.2, 0) is 6.18 Å². The summed E-state index contributed by atoms with van der Waals surface area (Å²) in [5.41, 5.74) is -3.14. The molecule has 0 radical (unpaired) electrons. The van der Waals surface area contributed by atoms with Crippen LogP contribution in [0.25, 0.3) is 33.1 Å². The summed E-state index contributed by atoms with van der Waals surface area (Å²) in [5.74, 6) is 0.481. The summed E-state index contributed by atoms with van der Waals surface area (Å²) in [7, 11) is 1.46. The molecular formula is C20H11F3O5. The maximum Gasteiger partial charge on any atom is 0.417 e. The lowest BCUT2D eigenvalue weighted by Gasteiger charge is -2.11. The van der Waals surface area contributed by atoms with Gasteiger partial charge in [-0.25, -0.2) is 9.59 Å². The Morgan fingerprint density at radius 1 is 0.929 bits per heavy atom. The average Bonchev–Trinajstić information content (AvgIpc) is 2.65. The Morgan fingerprint density at radius 3 is 2.43 bits per heavy atom. The Labute approximate surface area is 154 Å². The number of alkyl halides is 3. The van der Waals surface area contributed by atoms with Crippen LogP contribution in [0.15, 0.2) is 67.0 Å². The van der Waals surface area contributed by atoms with Crippen LogP contribution < -0.4 is 16.0 Å². The van der Waals surface area contributed by atoms with E-state index in [-0.39, 0.29) is 27.7 Å². The van der Waals surface area contributed by atoms with Crippen LogP contribution in [0.1, 0.15) is 5.56 Å². The first-order valence-electron chi connectivity index (χ1n) is 8.04. The minimum atomic E-state index is -4.75. The molecule has 0 atom stereocenters. The second-order valence-corrected chi connectivity index (χ2v) is 6.01. The molecular weight excluding hydrogens is 377 g/mol. The highest BCUT2D eigenvalue weighted by molar-refractivity contribution is 5.95. The van der Waals surface area contributed by atoms with Gasteiger partial charge in [-0.3, -0.25) is 0 Å². The minimum Gasteiger partial charge on any atom is -0.497 e. The van der Waals surface area contributed by atoms with E-state index in [9.17, 15) is 22.8 Å². The maximum atomic E-state index is 13.3. The predicted molar refractivity (Wildman–Crippen MR) is 95.5 cm³/mol. The van der Waals surface area contributed by atoms with Crippen LogP contribution in [-0.4, -0.2) is 7.11 Å². The van der Waals surface area contributed by atoms with Crippen molar-refractivity contribution < 1.29 is 26.7 Å². The first-order valence-corrected chi connectivity index (χ1v) is 8.04. The molecule has 0 aliphatic carbocycles. The number of ether oxygens (including phenoxy) is 1. The quantitative estimate of drug-likeness (QED) is 0.470. The van der Waals surface area contributed by atoms with E-state index >= 15 is 0 Å². The van der Waals surface area contributed by atoms with E-state index in [1.54, 1.807) is 12.1 Å². The smallest absolute Gasteiger partial charge is 0.417 e.